The van der Waals surface area contributed by atoms with Crippen molar-refractivity contribution in [3.63, 3.8) is 0 Å². The number of aromatic hydroxyl groups is 2. The van der Waals surface area contributed by atoms with Crippen LogP contribution in [0.4, 0.5) is 0 Å². The Labute approximate surface area is 85.2 Å². The first-order chi connectivity index (χ1) is 6.93. The summed E-state index contributed by atoms with van der Waals surface area (Å²) < 4.78 is 0. The van der Waals surface area contributed by atoms with E-state index in [0.717, 1.165) is 6.07 Å². The Balaban J connectivity index is 2.96. The molecule has 0 bridgehead atoms. The highest BCUT2D eigenvalue weighted by atomic mass is 16.4. The summed E-state index contributed by atoms with van der Waals surface area (Å²) in [5.74, 6) is -1.99. The summed E-state index contributed by atoms with van der Waals surface area (Å²) in [5, 5.41) is 36.3. The highest BCUT2D eigenvalue weighted by Gasteiger charge is 2.27. The summed E-state index contributed by atoms with van der Waals surface area (Å²) in [7, 11) is 0. The van der Waals surface area contributed by atoms with E-state index in [0.29, 0.717) is 0 Å². The van der Waals surface area contributed by atoms with E-state index in [4.69, 9.17) is 15.3 Å². The molecule has 2 atom stereocenters. The van der Waals surface area contributed by atoms with Crippen molar-refractivity contribution in [2.75, 3.05) is 0 Å². The summed E-state index contributed by atoms with van der Waals surface area (Å²) in [4.78, 5) is 10.5. The zero-order valence-corrected chi connectivity index (χ0v) is 7.79. The summed E-state index contributed by atoms with van der Waals surface area (Å²) in [6.07, 6.45) is -1.32. The summed E-state index contributed by atoms with van der Waals surface area (Å²) in [6, 6.07) is 2.36. The number of phenolic OH excluding ortho intramolecular Hbond substituents is 2. The Morgan fingerprint density at radius 2 is 1.87 bits per heavy atom. The molecule has 0 heterocycles. The minimum atomic E-state index is -1.32. The Bertz CT molecular complexity index is 379. The van der Waals surface area contributed by atoms with Crippen LogP contribution in [0.25, 0.3) is 0 Å². The normalized spacial score (nSPS) is 14.5. The number of hydrogen-bond acceptors (Lipinski definition) is 4. The summed E-state index contributed by atoms with van der Waals surface area (Å²) in [6.45, 7) is 0. The van der Waals surface area contributed by atoms with Crippen molar-refractivity contribution in [3.8, 4) is 11.5 Å². The van der Waals surface area contributed by atoms with E-state index in [-0.39, 0.29) is 11.3 Å². The molecule has 6 heteroatoms. The Morgan fingerprint density at radius 1 is 1.27 bits per heavy atom. The molecule has 2 unspecified atom stereocenters. The number of carboxylic acids is 1. The fourth-order valence-corrected chi connectivity index (χ4v) is 1.09. The third-order valence-corrected chi connectivity index (χ3v) is 2.04. The van der Waals surface area contributed by atoms with Crippen LogP contribution in [-0.4, -0.2) is 32.4 Å². The summed E-state index contributed by atoms with van der Waals surface area (Å²) >= 11 is 0. The maximum absolute atomic E-state index is 10.5. The molecule has 1 rings (SSSR count). The van der Waals surface area contributed by atoms with Crippen LogP contribution in [0.1, 0.15) is 11.7 Å². The van der Waals surface area contributed by atoms with Gasteiger partial charge in [0.2, 0.25) is 6.04 Å². The lowest BCUT2D eigenvalue weighted by Gasteiger charge is -2.12. The van der Waals surface area contributed by atoms with Crippen LogP contribution in [-0.2, 0) is 4.79 Å². The number of rotatable bonds is 3. The molecule has 6 nitrogen and oxygen atoms in total. The molecule has 0 spiro atoms. The van der Waals surface area contributed by atoms with Gasteiger partial charge in [0.1, 0.15) is 6.10 Å². The second kappa shape index (κ2) is 4.16. The molecule has 82 valence electrons. The van der Waals surface area contributed by atoms with Crippen LogP contribution in [0.2, 0.25) is 0 Å². The van der Waals surface area contributed by atoms with E-state index in [1.807, 2.05) is 0 Å². The molecule has 0 fully saturated rings. The maximum atomic E-state index is 10.5. The van der Waals surface area contributed by atoms with E-state index in [1.165, 1.54) is 12.1 Å². The molecule has 0 aliphatic heterocycles. The van der Waals surface area contributed by atoms with Gasteiger partial charge in [0.05, 0.1) is 0 Å². The van der Waals surface area contributed by atoms with E-state index in [9.17, 15) is 9.90 Å². The van der Waals surface area contributed by atoms with Crippen LogP contribution in [0.3, 0.4) is 0 Å². The Kier molecular flexibility index (Phi) is 3.13. The topological polar surface area (TPSA) is 126 Å². The van der Waals surface area contributed by atoms with Crippen molar-refractivity contribution < 1.29 is 31.0 Å². The molecule has 7 N–H and O–H groups in total. The average molecular weight is 214 g/mol. The average Bonchev–Trinajstić information content (AvgIpc) is 2.19. The number of aliphatic hydroxyl groups is 1. The number of benzene rings is 1. The molecular formula is C9H12NO5+. The van der Waals surface area contributed by atoms with Crippen LogP contribution in [0.15, 0.2) is 18.2 Å². The lowest BCUT2D eigenvalue weighted by molar-refractivity contribution is -0.426. The van der Waals surface area contributed by atoms with Gasteiger partial charge in [-0.05, 0) is 17.7 Å². The number of carbonyl (C=O) groups is 1. The molecule has 0 aromatic heterocycles. The molecular weight excluding hydrogens is 202 g/mol. The molecule has 0 amide bonds. The lowest BCUT2D eigenvalue weighted by atomic mass is 10.0. The minimum Gasteiger partial charge on any atom is -0.504 e. The van der Waals surface area contributed by atoms with Crippen LogP contribution in [0.5, 0.6) is 11.5 Å². The van der Waals surface area contributed by atoms with E-state index < -0.39 is 23.9 Å². The molecule has 0 saturated carbocycles. The highest BCUT2D eigenvalue weighted by Crippen LogP contribution is 2.28. The first kappa shape index (κ1) is 11.3. The quantitative estimate of drug-likeness (QED) is 0.405. The third-order valence-electron chi connectivity index (χ3n) is 2.04. The van der Waals surface area contributed by atoms with Gasteiger partial charge in [0.25, 0.3) is 0 Å². The fraction of sp³-hybridized carbons (Fsp3) is 0.222. The second-order valence-corrected chi connectivity index (χ2v) is 3.14. The third kappa shape index (κ3) is 2.36. The van der Waals surface area contributed by atoms with Crippen molar-refractivity contribution in [1.82, 2.24) is 0 Å². The Hall–Kier alpha value is -1.79. The van der Waals surface area contributed by atoms with Gasteiger partial charge in [-0.15, -0.1) is 0 Å². The highest BCUT2D eigenvalue weighted by molar-refractivity contribution is 5.72. The van der Waals surface area contributed by atoms with Gasteiger partial charge in [-0.1, -0.05) is 6.07 Å². The zero-order valence-electron chi connectivity index (χ0n) is 7.79. The number of phenols is 2. The van der Waals surface area contributed by atoms with Gasteiger partial charge < -0.3 is 26.2 Å². The van der Waals surface area contributed by atoms with E-state index >= 15 is 0 Å². The van der Waals surface area contributed by atoms with Crippen LogP contribution >= 0.6 is 0 Å². The standard InChI is InChI=1S/C9H11NO5/c10-7(9(14)15)8(13)4-1-2-5(11)6(12)3-4/h1-3,7-8,11-13H,10H2,(H,14,15)/p+1. The van der Waals surface area contributed by atoms with Gasteiger partial charge in [-0.2, -0.15) is 0 Å². The molecule has 1 aromatic rings. The van der Waals surface area contributed by atoms with E-state index in [1.54, 1.807) is 0 Å². The number of aliphatic hydroxyl groups excluding tert-OH is 1. The number of quaternary nitrogens is 1. The Morgan fingerprint density at radius 3 is 2.33 bits per heavy atom. The van der Waals surface area contributed by atoms with Crippen molar-refractivity contribution in [1.29, 1.82) is 0 Å². The molecule has 0 aliphatic rings. The predicted molar refractivity (Wildman–Crippen MR) is 49.0 cm³/mol. The monoisotopic (exact) mass is 214 g/mol. The summed E-state index contributed by atoms with van der Waals surface area (Å²) in [5.41, 5.74) is 3.46. The van der Waals surface area contributed by atoms with Crippen molar-refractivity contribution in [2.24, 2.45) is 0 Å². The van der Waals surface area contributed by atoms with Gasteiger partial charge in [0.15, 0.2) is 11.5 Å². The van der Waals surface area contributed by atoms with Crippen molar-refractivity contribution in [3.05, 3.63) is 23.8 Å². The molecule has 0 radical (unpaired) electrons. The molecule has 15 heavy (non-hydrogen) atoms. The first-order valence-corrected chi connectivity index (χ1v) is 4.19. The number of hydrogen-bond donors (Lipinski definition) is 5. The SMILES string of the molecule is [NH3+]C(C(=O)O)C(O)c1ccc(O)c(O)c1. The van der Waals surface area contributed by atoms with Gasteiger partial charge in [0, 0.05) is 0 Å². The van der Waals surface area contributed by atoms with Gasteiger partial charge >= 0.3 is 5.97 Å². The minimum absolute atomic E-state index is 0.188. The van der Waals surface area contributed by atoms with Crippen molar-refractivity contribution in [2.45, 2.75) is 12.1 Å². The fourth-order valence-electron chi connectivity index (χ4n) is 1.09. The first-order valence-electron chi connectivity index (χ1n) is 4.19. The number of carboxylic acid groups (broad SMARTS) is 1. The molecule has 0 aliphatic carbocycles. The largest absolute Gasteiger partial charge is 0.504 e. The van der Waals surface area contributed by atoms with Crippen LogP contribution < -0.4 is 5.73 Å². The number of aliphatic carboxylic acids is 1. The second-order valence-electron chi connectivity index (χ2n) is 3.14. The van der Waals surface area contributed by atoms with Crippen molar-refractivity contribution >= 4 is 5.97 Å². The van der Waals surface area contributed by atoms with E-state index in [2.05, 4.69) is 5.73 Å². The van der Waals surface area contributed by atoms with Gasteiger partial charge in [-0.25, -0.2) is 4.79 Å². The molecule has 0 saturated heterocycles. The smallest absolute Gasteiger partial charge is 0.365 e. The maximum Gasteiger partial charge on any atom is 0.365 e. The van der Waals surface area contributed by atoms with Crippen LogP contribution in [0, 0.1) is 0 Å². The predicted octanol–water partition coefficient (Wildman–Crippen LogP) is -1.17. The van der Waals surface area contributed by atoms with Gasteiger partial charge in [-0.3, -0.25) is 0 Å². The molecule has 1 aromatic carbocycles. The zero-order chi connectivity index (χ0) is 11.6. The lowest BCUT2D eigenvalue weighted by Crippen LogP contribution is -2.67.